The van der Waals surface area contributed by atoms with Gasteiger partial charge in [-0.1, -0.05) is 0 Å². The van der Waals surface area contributed by atoms with Crippen LogP contribution in [0.1, 0.15) is 32.1 Å². The number of nitrogens with zero attached hydrogens (tertiary/aromatic N) is 3. The Balaban J connectivity index is 1.08. The van der Waals surface area contributed by atoms with E-state index < -0.39 is 15.3 Å². The van der Waals surface area contributed by atoms with Gasteiger partial charge in [0.15, 0.2) is 0 Å². The molecular weight excluding hydrogens is 442 g/mol. The van der Waals surface area contributed by atoms with E-state index in [0.717, 1.165) is 44.2 Å². The van der Waals surface area contributed by atoms with Crippen LogP contribution >= 0.6 is 0 Å². The largest absolute Gasteiger partial charge is 0.380 e. The number of hydrogen-bond acceptors (Lipinski definition) is 9. The van der Waals surface area contributed by atoms with Crippen LogP contribution in [0.25, 0.3) is 0 Å². The fourth-order valence-corrected chi connectivity index (χ4v) is 8.79. The number of nitrogens with one attached hydrogen (secondary N) is 4. The molecule has 10 nitrogen and oxygen atoms in total. The summed E-state index contributed by atoms with van der Waals surface area (Å²) in [6, 6.07) is 0.509. The molecule has 2 aliphatic carbocycles. The molecule has 6 fully saturated rings. The van der Waals surface area contributed by atoms with E-state index in [1.165, 1.54) is 25.9 Å². The lowest BCUT2D eigenvalue weighted by Crippen LogP contribution is -2.61. The Bertz CT molecular complexity index is 821. The molecule has 188 valence electrons. The number of likely N-dealkylation sites (N-methyl/N-ethyl adjacent to an activating group) is 1. The van der Waals surface area contributed by atoms with Gasteiger partial charge in [-0.25, -0.2) is 23.2 Å². The van der Waals surface area contributed by atoms with Crippen LogP contribution in [0.5, 0.6) is 0 Å². The van der Waals surface area contributed by atoms with Gasteiger partial charge in [0.05, 0.1) is 18.3 Å². The van der Waals surface area contributed by atoms with Crippen molar-refractivity contribution in [1.29, 1.82) is 0 Å². The summed E-state index contributed by atoms with van der Waals surface area (Å²) < 4.78 is 35.8. The van der Waals surface area contributed by atoms with Crippen molar-refractivity contribution in [2.45, 2.75) is 67.7 Å². The predicted octanol–water partition coefficient (Wildman–Crippen LogP) is -1.26. The number of sulfonamides is 1. The van der Waals surface area contributed by atoms with Crippen molar-refractivity contribution in [2.75, 3.05) is 53.4 Å². The minimum absolute atomic E-state index is 0.0960. The monoisotopic (exact) mass is 483 g/mol. The van der Waals surface area contributed by atoms with Crippen molar-refractivity contribution in [3.05, 3.63) is 0 Å². The number of piperidine rings is 2. The second kappa shape index (κ2) is 8.94. The fraction of sp³-hybridized carbons (Fsp3) is 1.00. The summed E-state index contributed by atoms with van der Waals surface area (Å²) in [5.74, 6) is 2.36. The molecule has 0 spiro atoms. The smallest absolute Gasteiger partial charge is 0.217 e. The standard InChI is InChI=1S/C22H41N7O3S/c1-27-22-14(9-24-27)3-4-19(32-2)21(22)26-33(30,31)18-10-25-29(13-18)20-8-17(5-6-23-20)28-11-15-7-16(15)12-28/h14-26H,3-13H2,1-2H3. The molecule has 4 heterocycles. The minimum Gasteiger partial charge on any atom is -0.380 e. The second-order valence-electron chi connectivity index (χ2n) is 11.3. The number of hydrogen-bond donors (Lipinski definition) is 4. The fourth-order valence-electron chi connectivity index (χ4n) is 7.27. The molecule has 6 aliphatic rings. The van der Waals surface area contributed by atoms with Crippen molar-refractivity contribution < 1.29 is 13.2 Å². The van der Waals surface area contributed by atoms with Crippen molar-refractivity contribution in [2.24, 2.45) is 17.8 Å². The van der Waals surface area contributed by atoms with Gasteiger partial charge in [-0.05, 0) is 56.4 Å². The van der Waals surface area contributed by atoms with Crippen LogP contribution in [0.15, 0.2) is 0 Å². The van der Waals surface area contributed by atoms with Crippen LogP contribution in [0, 0.1) is 17.8 Å². The highest BCUT2D eigenvalue weighted by molar-refractivity contribution is 7.90. The molecule has 4 saturated heterocycles. The summed E-state index contributed by atoms with van der Waals surface area (Å²) in [6.45, 7) is 5.40. The van der Waals surface area contributed by atoms with Crippen LogP contribution in [-0.2, 0) is 14.8 Å². The van der Waals surface area contributed by atoms with Gasteiger partial charge >= 0.3 is 0 Å². The zero-order valence-corrected chi connectivity index (χ0v) is 20.8. The molecule has 4 N–H and O–H groups in total. The van der Waals surface area contributed by atoms with E-state index >= 15 is 0 Å². The molecule has 0 aromatic rings. The summed E-state index contributed by atoms with van der Waals surface area (Å²) in [5, 5.41) is 7.39. The Morgan fingerprint density at radius 2 is 1.79 bits per heavy atom. The number of rotatable bonds is 6. The van der Waals surface area contributed by atoms with Crippen LogP contribution in [0.4, 0.5) is 0 Å². The van der Waals surface area contributed by atoms with Gasteiger partial charge in [0.1, 0.15) is 5.25 Å². The molecule has 9 atom stereocenters. The number of hydrazine groups is 2. The molecular formula is C22H41N7O3S. The highest BCUT2D eigenvalue weighted by Gasteiger charge is 2.49. The molecule has 0 radical (unpaired) electrons. The van der Waals surface area contributed by atoms with Crippen LogP contribution < -0.4 is 20.9 Å². The summed E-state index contributed by atoms with van der Waals surface area (Å²) in [7, 11) is 0.215. The van der Waals surface area contributed by atoms with Gasteiger partial charge < -0.3 is 10.1 Å². The van der Waals surface area contributed by atoms with E-state index in [0.29, 0.717) is 25.0 Å². The maximum absolute atomic E-state index is 13.5. The van der Waals surface area contributed by atoms with Gasteiger partial charge in [0.25, 0.3) is 0 Å². The van der Waals surface area contributed by atoms with Crippen molar-refractivity contribution in [1.82, 2.24) is 35.8 Å². The molecule has 0 aromatic heterocycles. The summed E-state index contributed by atoms with van der Waals surface area (Å²) in [4.78, 5) is 2.69. The van der Waals surface area contributed by atoms with E-state index in [4.69, 9.17) is 4.74 Å². The topological polar surface area (TPSA) is 101 Å². The molecule has 33 heavy (non-hydrogen) atoms. The quantitative estimate of drug-likeness (QED) is 0.369. The normalized spacial score (nSPS) is 47.0. The first-order valence-electron chi connectivity index (χ1n) is 12.9. The lowest BCUT2D eigenvalue weighted by atomic mass is 9.80. The van der Waals surface area contributed by atoms with Crippen LogP contribution in [-0.4, -0.2) is 112 Å². The SMILES string of the molecule is COC1CCC2CNN(C)C2C1NS(=O)(=O)C1CNN(C2CC(N3CC4CC4C3)CCN2)C1. The molecule has 6 rings (SSSR count). The molecule has 9 unspecified atom stereocenters. The molecule has 2 saturated carbocycles. The van der Waals surface area contributed by atoms with Gasteiger partial charge in [0.2, 0.25) is 10.0 Å². The summed E-state index contributed by atoms with van der Waals surface area (Å²) in [5.41, 5.74) is 6.79. The molecule has 0 bridgehead atoms. The first-order chi connectivity index (χ1) is 15.9. The maximum atomic E-state index is 13.5. The van der Waals surface area contributed by atoms with E-state index in [1.807, 2.05) is 7.05 Å². The van der Waals surface area contributed by atoms with Gasteiger partial charge in [-0.15, -0.1) is 0 Å². The average molecular weight is 484 g/mol. The minimum atomic E-state index is -3.49. The Morgan fingerprint density at radius 1 is 0.970 bits per heavy atom. The summed E-state index contributed by atoms with van der Waals surface area (Å²) in [6.07, 6.45) is 5.73. The highest BCUT2D eigenvalue weighted by Crippen LogP contribution is 2.46. The van der Waals surface area contributed by atoms with Gasteiger partial charge in [-0.2, -0.15) is 0 Å². The Labute approximate surface area is 198 Å². The lowest BCUT2D eigenvalue weighted by molar-refractivity contribution is 0.00328. The third-order valence-electron chi connectivity index (χ3n) is 9.34. The van der Waals surface area contributed by atoms with E-state index in [9.17, 15) is 8.42 Å². The molecule has 4 aliphatic heterocycles. The third kappa shape index (κ3) is 4.38. The predicted molar refractivity (Wildman–Crippen MR) is 125 cm³/mol. The first kappa shape index (κ1) is 23.1. The first-order valence-corrected chi connectivity index (χ1v) is 14.5. The van der Waals surface area contributed by atoms with E-state index in [2.05, 4.69) is 35.8 Å². The van der Waals surface area contributed by atoms with E-state index in [-0.39, 0.29) is 24.4 Å². The van der Waals surface area contributed by atoms with Crippen molar-refractivity contribution in [3.63, 3.8) is 0 Å². The number of ether oxygens (including phenoxy) is 1. The number of likely N-dealkylation sites (tertiary alicyclic amines) is 1. The maximum Gasteiger partial charge on any atom is 0.217 e. The van der Waals surface area contributed by atoms with Crippen molar-refractivity contribution in [3.8, 4) is 0 Å². The molecule has 11 heteroatoms. The Hall–Kier alpha value is -0.370. The van der Waals surface area contributed by atoms with Gasteiger partial charge in [0, 0.05) is 59.0 Å². The number of fused-ring (bicyclic) bond motifs is 2. The molecule has 0 aromatic carbocycles. The highest BCUT2D eigenvalue weighted by atomic mass is 32.2. The zero-order valence-electron chi connectivity index (χ0n) is 19.9. The Morgan fingerprint density at radius 3 is 2.58 bits per heavy atom. The van der Waals surface area contributed by atoms with Gasteiger partial charge in [-0.3, -0.25) is 15.8 Å². The van der Waals surface area contributed by atoms with Crippen LogP contribution in [0.2, 0.25) is 0 Å². The summed E-state index contributed by atoms with van der Waals surface area (Å²) >= 11 is 0. The van der Waals surface area contributed by atoms with Crippen LogP contribution in [0.3, 0.4) is 0 Å². The lowest BCUT2D eigenvalue weighted by Gasteiger charge is -2.41. The average Bonchev–Trinajstić information content (AvgIpc) is 3.21. The molecule has 0 amide bonds. The van der Waals surface area contributed by atoms with Crippen molar-refractivity contribution >= 4 is 10.0 Å². The third-order valence-corrected chi connectivity index (χ3v) is 11.1. The Kier molecular flexibility index (Phi) is 6.24. The zero-order chi connectivity index (χ0) is 22.7. The number of methoxy groups -OCH3 is 1. The second-order valence-corrected chi connectivity index (χ2v) is 13.3. The van der Waals surface area contributed by atoms with E-state index in [1.54, 1.807) is 7.11 Å².